The molecule has 1 N–H and O–H groups in total. The number of rotatable bonds is 7. The van der Waals surface area contributed by atoms with Gasteiger partial charge in [0.2, 0.25) is 0 Å². The summed E-state index contributed by atoms with van der Waals surface area (Å²) in [6, 6.07) is 24.6. The number of hydrogen-bond donors (Lipinski definition) is 1. The topological polar surface area (TPSA) is 84.1 Å². The van der Waals surface area contributed by atoms with Crippen molar-refractivity contribution in [2.45, 2.75) is 46.6 Å². The smallest absolute Gasteiger partial charge is 0.335 e. The molecule has 5 rings (SSSR count). The first-order valence-electron chi connectivity index (χ1n) is 14.0. The molecule has 0 unspecified atom stereocenters. The number of carboxylic acid groups (broad SMARTS) is 1. The third-order valence-electron chi connectivity index (χ3n) is 7.48. The second kappa shape index (κ2) is 12.0. The number of nitrogens with zero attached hydrogens (tertiary/aromatic N) is 3. The Kier molecular flexibility index (Phi) is 8.33. The third-order valence-corrected chi connectivity index (χ3v) is 8.48. The molecule has 1 aromatic heterocycles. The van der Waals surface area contributed by atoms with Crippen molar-refractivity contribution in [1.82, 2.24) is 9.47 Å². The quantitative estimate of drug-likeness (QED) is 0.220. The van der Waals surface area contributed by atoms with Crippen LogP contribution < -0.4 is 4.74 Å². The Labute approximate surface area is 256 Å². The molecule has 1 saturated heterocycles. The second-order valence-electron chi connectivity index (χ2n) is 11.6. The van der Waals surface area contributed by atoms with Gasteiger partial charge >= 0.3 is 5.97 Å². The maximum absolute atomic E-state index is 13.8. The Morgan fingerprint density at radius 2 is 1.63 bits per heavy atom. The predicted molar refractivity (Wildman–Crippen MR) is 174 cm³/mol. The van der Waals surface area contributed by atoms with Crippen molar-refractivity contribution in [2.24, 2.45) is 4.99 Å². The third kappa shape index (κ3) is 6.44. The molecule has 1 aliphatic heterocycles. The SMILES string of the molecule is COc1ccc(N=C2S/C(=C\c3cc(C)n(-c4ccc(C(C)(C)C)cc4)c3C)C(=O)N2Cc2ccc(C(=O)O)cc2)cc1. The van der Waals surface area contributed by atoms with Gasteiger partial charge in [0.25, 0.3) is 5.91 Å². The normalized spacial score (nSPS) is 15.5. The fourth-order valence-electron chi connectivity index (χ4n) is 5.02. The van der Waals surface area contributed by atoms with E-state index in [9.17, 15) is 14.7 Å². The van der Waals surface area contributed by atoms with E-state index in [0.717, 1.165) is 34.0 Å². The first kappa shape index (κ1) is 29.9. The first-order chi connectivity index (χ1) is 20.4. The van der Waals surface area contributed by atoms with Crippen molar-refractivity contribution in [3.8, 4) is 11.4 Å². The number of carboxylic acids is 1. The first-order valence-corrected chi connectivity index (χ1v) is 14.8. The number of hydrogen-bond acceptors (Lipinski definition) is 5. The fraction of sp³-hybridized carbons (Fsp3) is 0.229. The lowest BCUT2D eigenvalue weighted by Gasteiger charge is -2.20. The van der Waals surface area contributed by atoms with Gasteiger partial charge in [0.15, 0.2) is 5.17 Å². The maximum Gasteiger partial charge on any atom is 0.335 e. The summed E-state index contributed by atoms with van der Waals surface area (Å²) in [5.41, 5.74) is 7.20. The highest BCUT2D eigenvalue weighted by atomic mass is 32.2. The van der Waals surface area contributed by atoms with Crippen molar-refractivity contribution in [3.05, 3.63) is 117 Å². The number of methoxy groups -OCH3 is 1. The van der Waals surface area contributed by atoms with Gasteiger partial charge < -0.3 is 14.4 Å². The van der Waals surface area contributed by atoms with E-state index in [1.54, 1.807) is 36.3 Å². The van der Waals surface area contributed by atoms with E-state index in [0.29, 0.717) is 15.8 Å². The number of aromatic carboxylic acids is 1. The van der Waals surface area contributed by atoms with Crippen molar-refractivity contribution >= 4 is 40.6 Å². The van der Waals surface area contributed by atoms with Crippen LogP contribution >= 0.6 is 11.8 Å². The van der Waals surface area contributed by atoms with Gasteiger partial charge in [0.05, 0.1) is 29.8 Å². The largest absolute Gasteiger partial charge is 0.497 e. The van der Waals surface area contributed by atoms with Gasteiger partial charge in [-0.05, 0) is 108 Å². The number of amides is 1. The van der Waals surface area contributed by atoms with E-state index >= 15 is 0 Å². The predicted octanol–water partition coefficient (Wildman–Crippen LogP) is 7.90. The second-order valence-corrected chi connectivity index (χ2v) is 12.6. The van der Waals surface area contributed by atoms with Crippen LogP contribution in [0.15, 0.2) is 88.8 Å². The average molecular weight is 594 g/mol. The van der Waals surface area contributed by atoms with E-state index < -0.39 is 5.97 Å². The molecule has 0 spiro atoms. The van der Waals surface area contributed by atoms with Crippen LogP contribution in [0.2, 0.25) is 0 Å². The van der Waals surface area contributed by atoms with Gasteiger partial charge in [-0.25, -0.2) is 9.79 Å². The molecule has 0 aliphatic carbocycles. The van der Waals surface area contributed by atoms with Crippen LogP contribution in [-0.4, -0.2) is 38.7 Å². The molecule has 4 aromatic rings. The molecule has 8 heteroatoms. The fourth-order valence-corrected chi connectivity index (χ4v) is 6.00. The number of carbonyl (C=O) groups excluding carboxylic acids is 1. The molecule has 220 valence electrons. The Hall–Kier alpha value is -4.56. The molecule has 43 heavy (non-hydrogen) atoms. The minimum Gasteiger partial charge on any atom is -0.497 e. The lowest BCUT2D eigenvalue weighted by atomic mass is 9.87. The van der Waals surface area contributed by atoms with E-state index in [4.69, 9.17) is 9.73 Å². The molecule has 0 atom stereocenters. The molecule has 2 heterocycles. The monoisotopic (exact) mass is 593 g/mol. The Morgan fingerprint density at radius 1 is 0.977 bits per heavy atom. The van der Waals surface area contributed by atoms with Gasteiger partial charge in [-0.3, -0.25) is 9.69 Å². The van der Waals surface area contributed by atoms with Crippen LogP contribution in [0.25, 0.3) is 11.8 Å². The zero-order valence-corrected chi connectivity index (χ0v) is 26.0. The van der Waals surface area contributed by atoms with Crippen LogP contribution in [0, 0.1) is 13.8 Å². The molecule has 1 amide bonds. The molecule has 3 aromatic carbocycles. The van der Waals surface area contributed by atoms with Crippen LogP contribution in [-0.2, 0) is 16.8 Å². The minimum absolute atomic E-state index is 0.0736. The van der Waals surface area contributed by atoms with Crippen LogP contribution in [0.4, 0.5) is 5.69 Å². The lowest BCUT2D eigenvalue weighted by Crippen LogP contribution is -2.28. The Balaban J connectivity index is 1.49. The van der Waals surface area contributed by atoms with Crippen LogP contribution in [0.1, 0.15) is 59.2 Å². The highest BCUT2D eigenvalue weighted by Crippen LogP contribution is 2.37. The summed E-state index contributed by atoms with van der Waals surface area (Å²) in [6.45, 7) is 11.0. The van der Waals surface area contributed by atoms with Crippen LogP contribution in [0.3, 0.4) is 0 Å². The zero-order valence-electron chi connectivity index (χ0n) is 25.2. The highest BCUT2D eigenvalue weighted by molar-refractivity contribution is 8.18. The summed E-state index contributed by atoms with van der Waals surface area (Å²) in [6.07, 6.45) is 1.94. The summed E-state index contributed by atoms with van der Waals surface area (Å²) in [5, 5.41) is 9.83. The Bertz CT molecular complexity index is 1730. The molecule has 0 radical (unpaired) electrons. The van der Waals surface area contributed by atoms with E-state index in [1.807, 2.05) is 30.3 Å². The summed E-state index contributed by atoms with van der Waals surface area (Å²) in [5.74, 6) is -0.425. The molecular formula is C35H35N3O4S. The van der Waals surface area contributed by atoms with Gasteiger partial charge in [0, 0.05) is 17.1 Å². The number of aromatic nitrogens is 1. The standard InChI is InChI=1S/C35H35N3O4S/c1-22-19-26(23(2)38(22)29-15-11-27(12-16-29)35(3,4)5)20-31-32(39)37(21-24-7-9-25(10-8-24)33(40)41)34(43-31)36-28-13-17-30(42-6)18-14-28/h7-20H,21H2,1-6H3,(H,40,41)/b31-20-,36-34?. The van der Waals surface area contributed by atoms with Gasteiger partial charge in [-0.15, -0.1) is 0 Å². The molecule has 0 saturated carbocycles. The summed E-state index contributed by atoms with van der Waals surface area (Å²) >= 11 is 1.33. The van der Waals surface area contributed by atoms with E-state index in [2.05, 4.69) is 69.5 Å². The lowest BCUT2D eigenvalue weighted by molar-refractivity contribution is -0.122. The molecule has 7 nitrogen and oxygen atoms in total. The number of aliphatic imine (C=N–C) groups is 1. The number of carbonyl (C=O) groups is 2. The summed E-state index contributed by atoms with van der Waals surface area (Å²) in [7, 11) is 1.61. The number of aryl methyl sites for hydroxylation is 1. The average Bonchev–Trinajstić information content (AvgIpc) is 3.42. The summed E-state index contributed by atoms with van der Waals surface area (Å²) in [4.78, 5) is 32.2. The van der Waals surface area contributed by atoms with Gasteiger partial charge in [-0.2, -0.15) is 0 Å². The number of benzene rings is 3. The molecule has 0 bridgehead atoms. The van der Waals surface area contributed by atoms with Crippen LogP contribution in [0.5, 0.6) is 5.75 Å². The number of amidine groups is 1. The maximum atomic E-state index is 13.8. The van der Waals surface area contributed by atoms with Gasteiger partial charge in [0.1, 0.15) is 5.75 Å². The van der Waals surface area contributed by atoms with E-state index in [-0.39, 0.29) is 23.4 Å². The zero-order chi connectivity index (χ0) is 30.9. The van der Waals surface area contributed by atoms with Crippen molar-refractivity contribution in [1.29, 1.82) is 0 Å². The number of thioether (sulfide) groups is 1. The van der Waals surface area contributed by atoms with Gasteiger partial charge in [-0.1, -0.05) is 45.0 Å². The molecular weight excluding hydrogens is 558 g/mol. The van der Waals surface area contributed by atoms with Crippen molar-refractivity contribution in [2.75, 3.05) is 7.11 Å². The van der Waals surface area contributed by atoms with Crippen molar-refractivity contribution < 1.29 is 19.4 Å². The van der Waals surface area contributed by atoms with Crippen molar-refractivity contribution in [3.63, 3.8) is 0 Å². The van der Waals surface area contributed by atoms with E-state index in [1.165, 1.54) is 17.3 Å². The Morgan fingerprint density at radius 3 is 2.21 bits per heavy atom. The highest BCUT2D eigenvalue weighted by Gasteiger charge is 2.34. The minimum atomic E-state index is -0.992. The summed E-state index contributed by atoms with van der Waals surface area (Å²) < 4.78 is 7.48. The molecule has 1 fully saturated rings. The molecule has 1 aliphatic rings. The number of ether oxygens (including phenoxy) is 1.